The largest absolute Gasteiger partial charge is 0.332 e. The molecule has 0 aliphatic rings. The summed E-state index contributed by atoms with van der Waals surface area (Å²) in [7, 11) is 1.52. The van der Waals surface area contributed by atoms with Crippen molar-refractivity contribution >= 4 is 41.0 Å². The molecule has 0 aromatic heterocycles. The van der Waals surface area contributed by atoms with E-state index in [-0.39, 0.29) is 18.4 Å². The minimum atomic E-state index is -2.51. The van der Waals surface area contributed by atoms with Gasteiger partial charge in [-0.2, -0.15) is 8.78 Å². The lowest BCUT2D eigenvalue weighted by Gasteiger charge is -2.17. The summed E-state index contributed by atoms with van der Waals surface area (Å²) in [6.45, 7) is -0.116. The number of hydrogen-bond acceptors (Lipinski definition) is 4. The van der Waals surface area contributed by atoms with E-state index in [2.05, 4.69) is 5.32 Å². The van der Waals surface area contributed by atoms with Gasteiger partial charge in [0.25, 0.3) is 11.7 Å². The van der Waals surface area contributed by atoms with Gasteiger partial charge in [-0.15, -0.1) is 11.8 Å². The molecule has 2 aromatic carbocycles. The predicted molar refractivity (Wildman–Crippen MR) is 102 cm³/mol. The molecule has 4 nitrogen and oxygen atoms in total. The number of rotatable bonds is 7. The Balaban J connectivity index is 1.96. The molecule has 26 heavy (non-hydrogen) atoms. The topological polar surface area (TPSA) is 49.4 Å². The van der Waals surface area contributed by atoms with E-state index in [4.69, 9.17) is 0 Å². The zero-order chi connectivity index (χ0) is 19.1. The number of carbonyl (C=O) groups excluding carboxylic acids is 2. The fourth-order valence-electron chi connectivity index (χ4n) is 2.22. The minimum Gasteiger partial charge on any atom is -0.332 e. The number of benzene rings is 2. The Hall–Kier alpha value is -2.06. The normalized spacial score (nSPS) is 10.7. The van der Waals surface area contributed by atoms with Crippen molar-refractivity contribution < 1.29 is 18.4 Å². The molecular weight excluding hydrogens is 378 g/mol. The molecule has 0 aliphatic heterocycles. The van der Waals surface area contributed by atoms with Crippen LogP contribution >= 0.6 is 23.5 Å². The highest BCUT2D eigenvalue weighted by molar-refractivity contribution is 7.99. The van der Waals surface area contributed by atoms with Crippen LogP contribution in [0.3, 0.4) is 0 Å². The number of amides is 2. The SMILES string of the molecule is CSc1ccccc1NC(=O)CN(C)C(=O)c1ccc(SC(F)F)cc1. The van der Waals surface area contributed by atoms with Crippen molar-refractivity contribution in [2.75, 3.05) is 25.2 Å². The summed E-state index contributed by atoms with van der Waals surface area (Å²) >= 11 is 1.93. The van der Waals surface area contributed by atoms with Gasteiger partial charge in [0.05, 0.1) is 12.2 Å². The molecule has 138 valence electrons. The van der Waals surface area contributed by atoms with E-state index in [0.717, 1.165) is 4.90 Å². The van der Waals surface area contributed by atoms with E-state index in [0.29, 0.717) is 27.9 Å². The number of anilines is 1. The van der Waals surface area contributed by atoms with Crippen molar-refractivity contribution in [3.63, 3.8) is 0 Å². The van der Waals surface area contributed by atoms with Gasteiger partial charge in [-0.1, -0.05) is 23.9 Å². The van der Waals surface area contributed by atoms with Crippen LogP contribution in [-0.2, 0) is 4.79 Å². The van der Waals surface area contributed by atoms with Crippen LogP contribution in [0.25, 0.3) is 0 Å². The fourth-order valence-corrected chi connectivity index (χ4v) is 3.28. The Morgan fingerprint density at radius 2 is 1.77 bits per heavy atom. The zero-order valence-corrected chi connectivity index (χ0v) is 15.9. The monoisotopic (exact) mass is 396 g/mol. The maximum Gasteiger partial charge on any atom is 0.288 e. The van der Waals surface area contributed by atoms with Gasteiger partial charge < -0.3 is 10.2 Å². The van der Waals surface area contributed by atoms with Crippen molar-refractivity contribution in [3.05, 3.63) is 54.1 Å². The van der Waals surface area contributed by atoms with Gasteiger partial charge in [0.1, 0.15) is 0 Å². The summed E-state index contributed by atoms with van der Waals surface area (Å²) < 4.78 is 24.7. The Morgan fingerprint density at radius 1 is 1.12 bits per heavy atom. The number of nitrogens with one attached hydrogen (secondary N) is 1. The van der Waals surface area contributed by atoms with Crippen LogP contribution < -0.4 is 5.32 Å². The lowest BCUT2D eigenvalue weighted by Crippen LogP contribution is -2.35. The molecule has 0 aliphatic carbocycles. The van der Waals surface area contributed by atoms with Crippen LogP contribution in [-0.4, -0.2) is 42.3 Å². The number of thioether (sulfide) groups is 2. The standard InChI is InChI=1S/C18H18F2N2O2S2/c1-22(11-16(23)21-14-5-3-4-6-15(14)25-2)17(24)12-7-9-13(10-8-12)26-18(19)20/h3-10,18H,11H2,1-2H3,(H,21,23). The summed E-state index contributed by atoms with van der Waals surface area (Å²) in [5.41, 5.74) is 1.03. The molecule has 0 fully saturated rings. The Morgan fingerprint density at radius 3 is 2.38 bits per heavy atom. The highest BCUT2D eigenvalue weighted by Crippen LogP contribution is 2.26. The second-order valence-corrected chi connectivity index (χ2v) is 7.22. The first kappa shape index (κ1) is 20.3. The molecule has 0 radical (unpaired) electrons. The van der Waals surface area contributed by atoms with E-state index in [1.54, 1.807) is 6.07 Å². The van der Waals surface area contributed by atoms with Crippen molar-refractivity contribution in [1.29, 1.82) is 0 Å². The second kappa shape index (κ2) is 9.59. The summed E-state index contributed by atoms with van der Waals surface area (Å²) in [5, 5.41) is 2.79. The van der Waals surface area contributed by atoms with Gasteiger partial charge in [0, 0.05) is 22.4 Å². The van der Waals surface area contributed by atoms with Gasteiger partial charge in [0.2, 0.25) is 5.91 Å². The van der Waals surface area contributed by atoms with Crippen LogP contribution in [0.2, 0.25) is 0 Å². The van der Waals surface area contributed by atoms with E-state index < -0.39 is 5.76 Å². The van der Waals surface area contributed by atoms with Gasteiger partial charge in [0.15, 0.2) is 0 Å². The first-order valence-corrected chi connectivity index (χ1v) is 9.74. The Labute approximate surface area is 159 Å². The van der Waals surface area contributed by atoms with Gasteiger partial charge in [-0.25, -0.2) is 0 Å². The lowest BCUT2D eigenvalue weighted by molar-refractivity contribution is -0.116. The summed E-state index contributed by atoms with van der Waals surface area (Å²) in [6.07, 6.45) is 1.91. The molecule has 2 aromatic rings. The van der Waals surface area contributed by atoms with Gasteiger partial charge in [-0.3, -0.25) is 9.59 Å². The Kier molecular flexibility index (Phi) is 7.47. The molecular formula is C18H18F2N2O2S2. The first-order chi connectivity index (χ1) is 12.4. The number of para-hydroxylation sites is 1. The zero-order valence-electron chi connectivity index (χ0n) is 14.2. The van der Waals surface area contributed by atoms with E-state index in [1.807, 2.05) is 24.5 Å². The van der Waals surface area contributed by atoms with Crippen molar-refractivity contribution in [1.82, 2.24) is 4.90 Å². The molecule has 2 rings (SSSR count). The molecule has 0 saturated heterocycles. The van der Waals surface area contributed by atoms with E-state index >= 15 is 0 Å². The third-order valence-electron chi connectivity index (χ3n) is 3.43. The highest BCUT2D eigenvalue weighted by atomic mass is 32.2. The summed E-state index contributed by atoms with van der Waals surface area (Å²) in [4.78, 5) is 27.2. The van der Waals surface area contributed by atoms with Crippen LogP contribution in [0.5, 0.6) is 0 Å². The van der Waals surface area contributed by atoms with Crippen LogP contribution in [0.1, 0.15) is 10.4 Å². The quantitative estimate of drug-likeness (QED) is 0.704. The van der Waals surface area contributed by atoms with Gasteiger partial charge in [-0.05, 0) is 42.7 Å². The lowest BCUT2D eigenvalue weighted by atomic mass is 10.2. The highest BCUT2D eigenvalue weighted by Gasteiger charge is 2.16. The third kappa shape index (κ3) is 5.74. The third-order valence-corrected chi connectivity index (χ3v) is 4.95. The maximum absolute atomic E-state index is 12.4. The van der Waals surface area contributed by atoms with Crippen LogP contribution in [0.15, 0.2) is 58.3 Å². The average Bonchev–Trinajstić information content (AvgIpc) is 2.61. The summed E-state index contributed by atoms with van der Waals surface area (Å²) in [6, 6.07) is 13.3. The molecule has 2 amide bonds. The molecule has 8 heteroatoms. The van der Waals surface area contributed by atoms with Gasteiger partial charge >= 0.3 is 0 Å². The average molecular weight is 396 g/mol. The number of alkyl halides is 2. The predicted octanol–water partition coefficient (Wildman–Crippen LogP) is 4.43. The number of carbonyl (C=O) groups is 2. The molecule has 0 spiro atoms. The Bertz CT molecular complexity index is 770. The first-order valence-electron chi connectivity index (χ1n) is 7.64. The molecule has 0 atom stereocenters. The smallest absolute Gasteiger partial charge is 0.288 e. The van der Waals surface area contributed by atoms with Crippen LogP contribution in [0.4, 0.5) is 14.5 Å². The van der Waals surface area contributed by atoms with E-state index in [1.165, 1.54) is 48.0 Å². The molecule has 0 bridgehead atoms. The molecule has 0 saturated carbocycles. The number of hydrogen-bond donors (Lipinski definition) is 1. The summed E-state index contributed by atoms with van der Waals surface area (Å²) in [5.74, 6) is -3.17. The van der Waals surface area contributed by atoms with Crippen molar-refractivity contribution in [2.45, 2.75) is 15.5 Å². The van der Waals surface area contributed by atoms with Crippen molar-refractivity contribution in [3.8, 4) is 0 Å². The fraction of sp³-hybridized carbons (Fsp3) is 0.222. The second-order valence-electron chi connectivity index (χ2n) is 5.31. The van der Waals surface area contributed by atoms with E-state index in [9.17, 15) is 18.4 Å². The molecule has 0 heterocycles. The molecule has 1 N–H and O–H groups in total. The number of nitrogens with zero attached hydrogens (tertiary/aromatic N) is 1. The van der Waals surface area contributed by atoms with Crippen LogP contribution in [0, 0.1) is 0 Å². The maximum atomic E-state index is 12.4. The molecule has 0 unspecified atom stereocenters. The minimum absolute atomic E-state index is 0.116. The van der Waals surface area contributed by atoms with Crippen molar-refractivity contribution in [2.24, 2.45) is 0 Å². The number of halogens is 2. The number of likely N-dealkylation sites (N-methyl/N-ethyl adjacent to an activating group) is 1.